The molecule has 220 valence electrons. The van der Waals surface area contributed by atoms with Crippen LogP contribution in [0.4, 0.5) is 17.1 Å². The van der Waals surface area contributed by atoms with Crippen molar-refractivity contribution < 1.29 is 9.47 Å². The molecule has 2 aliphatic rings. The van der Waals surface area contributed by atoms with Crippen LogP contribution >= 0.6 is 0 Å². The van der Waals surface area contributed by atoms with E-state index in [1.54, 1.807) is 0 Å². The topological polar surface area (TPSA) is 21.7 Å². The predicted octanol–water partition coefficient (Wildman–Crippen LogP) is 9.49. The van der Waals surface area contributed by atoms with Gasteiger partial charge in [0.25, 0.3) is 6.71 Å². The lowest BCUT2D eigenvalue weighted by molar-refractivity contribution is 0.465. The van der Waals surface area contributed by atoms with Gasteiger partial charge in [0.05, 0.1) is 17.1 Å². The van der Waals surface area contributed by atoms with Gasteiger partial charge in [0.15, 0.2) is 0 Å². The zero-order valence-electron chi connectivity index (χ0n) is 26.1. The molecular formula is C42H32BNO2. The fourth-order valence-corrected chi connectivity index (χ4v) is 7.40. The van der Waals surface area contributed by atoms with Crippen molar-refractivity contribution in [2.75, 3.05) is 4.90 Å². The summed E-state index contributed by atoms with van der Waals surface area (Å²) < 4.78 is 13.5. The van der Waals surface area contributed by atoms with Crippen LogP contribution in [0.3, 0.4) is 0 Å². The fraction of sp³-hybridized carbons (Fsp3) is 0.0952. The number of hydrogen-bond donors (Lipinski definition) is 0. The largest absolute Gasteiger partial charge is 0.458 e. The smallest absolute Gasteiger partial charge is 0.260 e. The van der Waals surface area contributed by atoms with E-state index in [0.717, 1.165) is 56.4 Å². The molecule has 0 N–H and O–H groups in total. The molecule has 0 aliphatic carbocycles. The number of fused-ring (bicyclic) bond motifs is 6. The Balaban J connectivity index is 1.38. The highest BCUT2D eigenvalue weighted by atomic mass is 16.5. The second-order valence-electron chi connectivity index (χ2n) is 13.3. The summed E-state index contributed by atoms with van der Waals surface area (Å²) in [5.74, 6) is 3.43. The van der Waals surface area contributed by atoms with Gasteiger partial charge in [-0.05, 0) is 50.9 Å². The summed E-state index contributed by atoms with van der Waals surface area (Å²) in [4.78, 5) is 2.44. The fourth-order valence-electron chi connectivity index (χ4n) is 7.40. The van der Waals surface area contributed by atoms with Crippen LogP contribution in [0.5, 0.6) is 23.0 Å². The molecule has 0 amide bonds. The van der Waals surface area contributed by atoms with E-state index in [2.05, 4.69) is 153 Å². The van der Waals surface area contributed by atoms with Crippen LogP contribution in [0.1, 0.15) is 26.3 Å². The standard InChI is InChI=1S/C42H32BNO2/c1-42(2,3)32-24-23-28-14-5-7-17-31(28)41(32)44(35-20-12-15-27-13-4-6-16-30(27)35)29-25-38-40-39(26-29)46-37-22-11-9-19-34(37)43(40)33-18-8-10-21-36(33)45-38/h4-26H,1-3H3. The van der Waals surface area contributed by atoms with E-state index >= 15 is 0 Å². The van der Waals surface area contributed by atoms with Gasteiger partial charge in [0.2, 0.25) is 0 Å². The Bertz CT molecular complexity index is 2260. The van der Waals surface area contributed by atoms with Crippen LogP contribution in [0.2, 0.25) is 0 Å². The van der Waals surface area contributed by atoms with Crippen LogP contribution in [0, 0.1) is 0 Å². The van der Waals surface area contributed by atoms with Gasteiger partial charge in [-0.1, -0.05) is 130 Å². The molecule has 7 aromatic carbocycles. The van der Waals surface area contributed by atoms with Crippen LogP contribution in [0.25, 0.3) is 21.5 Å². The van der Waals surface area contributed by atoms with Gasteiger partial charge in [-0.15, -0.1) is 0 Å². The van der Waals surface area contributed by atoms with Crippen molar-refractivity contribution in [3.05, 3.63) is 145 Å². The van der Waals surface area contributed by atoms with Crippen molar-refractivity contribution in [3.8, 4) is 23.0 Å². The van der Waals surface area contributed by atoms with Crippen LogP contribution in [-0.4, -0.2) is 6.71 Å². The maximum Gasteiger partial charge on any atom is 0.260 e. The first-order chi connectivity index (χ1) is 22.5. The minimum Gasteiger partial charge on any atom is -0.458 e. The SMILES string of the molecule is CC(C)(C)c1ccc2ccccc2c1N(c1cc2c3c(c1)Oc1ccccc1B3c1ccccc1O2)c1cccc2ccccc12. The van der Waals surface area contributed by atoms with E-state index in [0.29, 0.717) is 0 Å². The summed E-state index contributed by atoms with van der Waals surface area (Å²) in [5.41, 5.74) is 7.80. The Hall–Kier alpha value is -5.48. The van der Waals surface area contributed by atoms with Crippen molar-refractivity contribution in [1.29, 1.82) is 0 Å². The maximum atomic E-state index is 6.77. The Morgan fingerprint density at radius 2 is 1.07 bits per heavy atom. The Morgan fingerprint density at radius 1 is 0.522 bits per heavy atom. The van der Waals surface area contributed by atoms with Crippen molar-refractivity contribution in [3.63, 3.8) is 0 Å². The molecule has 7 aromatic rings. The third-order valence-electron chi connectivity index (χ3n) is 9.48. The molecule has 3 nitrogen and oxygen atoms in total. The van der Waals surface area contributed by atoms with Gasteiger partial charge in [-0.25, -0.2) is 0 Å². The highest BCUT2D eigenvalue weighted by Gasteiger charge is 2.41. The highest BCUT2D eigenvalue weighted by Crippen LogP contribution is 2.49. The summed E-state index contributed by atoms with van der Waals surface area (Å²) in [6.07, 6.45) is 0. The zero-order valence-corrected chi connectivity index (χ0v) is 26.1. The third kappa shape index (κ3) is 4.06. The quantitative estimate of drug-likeness (QED) is 0.191. The monoisotopic (exact) mass is 593 g/mol. The summed E-state index contributed by atoms with van der Waals surface area (Å²) in [6.45, 7) is 6.91. The molecule has 0 saturated carbocycles. The number of hydrogen-bond acceptors (Lipinski definition) is 3. The van der Waals surface area contributed by atoms with E-state index in [-0.39, 0.29) is 12.1 Å². The third-order valence-corrected chi connectivity index (χ3v) is 9.48. The molecule has 2 heterocycles. The van der Waals surface area contributed by atoms with Gasteiger partial charge in [0.1, 0.15) is 23.0 Å². The van der Waals surface area contributed by atoms with Crippen LogP contribution in [0.15, 0.2) is 140 Å². The highest BCUT2D eigenvalue weighted by molar-refractivity contribution is 6.98. The van der Waals surface area contributed by atoms with Gasteiger partial charge >= 0.3 is 0 Å². The Labute approximate surface area is 269 Å². The summed E-state index contributed by atoms with van der Waals surface area (Å²) >= 11 is 0. The number of rotatable bonds is 3. The second-order valence-corrected chi connectivity index (χ2v) is 13.3. The summed E-state index contributed by atoms with van der Waals surface area (Å²) in [7, 11) is 0. The van der Waals surface area contributed by atoms with Gasteiger partial charge in [-0.2, -0.15) is 0 Å². The van der Waals surface area contributed by atoms with Crippen molar-refractivity contribution in [2.45, 2.75) is 26.2 Å². The molecule has 0 fully saturated rings. The molecule has 0 radical (unpaired) electrons. The first-order valence-corrected chi connectivity index (χ1v) is 16.0. The van der Waals surface area contributed by atoms with Crippen molar-refractivity contribution in [1.82, 2.24) is 0 Å². The maximum absolute atomic E-state index is 6.77. The first-order valence-electron chi connectivity index (χ1n) is 16.0. The molecule has 0 unspecified atom stereocenters. The molecule has 4 heteroatoms. The molecule has 0 saturated heterocycles. The summed E-state index contributed by atoms with van der Waals surface area (Å²) in [6, 6.07) is 49.7. The molecule has 0 bridgehead atoms. The van der Waals surface area contributed by atoms with Crippen LogP contribution < -0.4 is 30.8 Å². The lowest BCUT2D eigenvalue weighted by Gasteiger charge is -2.37. The van der Waals surface area contributed by atoms with Crippen LogP contribution in [-0.2, 0) is 5.41 Å². The van der Waals surface area contributed by atoms with Gasteiger partial charge in [0, 0.05) is 28.4 Å². The number of benzene rings is 7. The lowest BCUT2D eigenvalue weighted by Crippen LogP contribution is -2.57. The summed E-state index contributed by atoms with van der Waals surface area (Å²) in [5, 5.41) is 4.77. The molecule has 0 spiro atoms. The molecule has 0 aromatic heterocycles. The van der Waals surface area contributed by atoms with E-state index in [1.165, 1.54) is 27.1 Å². The van der Waals surface area contributed by atoms with Gasteiger partial charge < -0.3 is 14.4 Å². The molecule has 2 aliphatic heterocycles. The minimum atomic E-state index is -0.124. The van der Waals surface area contributed by atoms with E-state index in [1.807, 2.05) is 12.1 Å². The van der Waals surface area contributed by atoms with Gasteiger partial charge in [-0.3, -0.25) is 0 Å². The minimum absolute atomic E-state index is 0.0302. The first kappa shape index (κ1) is 26.9. The number of nitrogens with zero attached hydrogens (tertiary/aromatic N) is 1. The normalized spacial score (nSPS) is 13.0. The van der Waals surface area contributed by atoms with E-state index in [9.17, 15) is 0 Å². The average Bonchev–Trinajstić information content (AvgIpc) is 3.08. The molecule has 0 atom stereocenters. The number of anilines is 3. The lowest BCUT2D eigenvalue weighted by atomic mass is 9.35. The second kappa shape index (κ2) is 10.0. The number of para-hydroxylation sites is 2. The van der Waals surface area contributed by atoms with Crippen molar-refractivity contribution in [2.24, 2.45) is 0 Å². The molecule has 46 heavy (non-hydrogen) atoms. The molecular weight excluding hydrogens is 561 g/mol. The zero-order chi connectivity index (χ0) is 31.0. The molecule has 9 rings (SSSR count). The average molecular weight is 594 g/mol. The van der Waals surface area contributed by atoms with Crippen molar-refractivity contribution >= 4 is 61.7 Å². The Morgan fingerprint density at radius 3 is 1.72 bits per heavy atom. The predicted molar refractivity (Wildman–Crippen MR) is 193 cm³/mol. The number of ether oxygens (including phenoxy) is 2. The Kier molecular flexibility index (Phi) is 5.85. The van der Waals surface area contributed by atoms with E-state index in [4.69, 9.17) is 9.47 Å². The van der Waals surface area contributed by atoms with E-state index < -0.39 is 0 Å².